The van der Waals surface area contributed by atoms with Gasteiger partial charge < -0.3 is 19.9 Å². The first-order valence-corrected chi connectivity index (χ1v) is 5.16. The number of methoxy groups -OCH3 is 1. The van der Waals surface area contributed by atoms with Gasteiger partial charge in [0.15, 0.2) is 0 Å². The van der Waals surface area contributed by atoms with Gasteiger partial charge in [-0.2, -0.15) is 0 Å². The lowest BCUT2D eigenvalue weighted by Gasteiger charge is -2.16. The van der Waals surface area contributed by atoms with Crippen LogP contribution in [0.5, 0.6) is 5.75 Å². The smallest absolute Gasteiger partial charge is 0.480 e. The molecule has 0 radical (unpaired) electrons. The van der Waals surface area contributed by atoms with Crippen molar-refractivity contribution >= 4 is 11.7 Å². The summed E-state index contributed by atoms with van der Waals surface area (Å²) in [5.74, 6) is -1.61. The van der Waals surface area contributed by atoms with Crippen molar-refractivity contribution in [2.45, 2.75) is 12.4 Å². The number of carboxylic acids is 1. The fraction of sp³-hybridized carbons (Fsp3) is 0.364. The molecule has 0 heterocycles. The second kappa shape index (κ2) is 6.28. The zero-order chi connectivity index (χ0) is 14.5. The number of aliphatic carboxylic acids is 1. The first-order chi connectivity index (χ1) is 8.81. The highest BCUT2D eigenvalue weighted by molar-refractivity contribution is 5.77. The Morgan fingerprint density at radius 1 is 1.47 bits per heavy atom. The standard InChI is InChI=1S/C11H12F3NO4/c1-18-6-9(10(16)17)15-7-3-2-4-8(5-7)19-11(12,13)14/h2-5,9,15H,6H2,1H3,(H,16,17). The van der Waals surface area contributed by atoms with Gasteiger partial charge in [0.05, 0.1) is 6.61 Å². The topological polar surface area (TPSA) is 67.8 Å². The molecule has 8 heteroatoms. The summed E-state index contributed by atoms with van der Waals surface area (Å²) in [6.45, 7) is -0.125. The minimum atomic E-state index is -4.79. The lowest BCUT2D eigenvalue weighted by Crippen LogP contribution is -2.33. The zero-order valence-electron chi connectivity index (χ0n) is 9.90. The van der Waals surface area contributed by atoms with Gasteiger partial charge in [-0.25, -0.2) is 4.79 Å². The van der Waals surface area contributed by atoms with Crippen LogP contribution in [0.2, 0.25) is 0 Å². The van der Waals surface area contributed by atoms with Crippen LogP contribution in [0.1, 0.15) is 0 Å². The van der Waals surface area contributed by atoms with E-state index in [2.05, 4.69) is 10.1 Å². The number of hydrogen-bond donors (Lipinski definition) is 2. The molecule has 5 nitrogen and oxygen atoms in total. The van der Waals surface area contributed by atoms with E-state index in [9.17, 15) is 18.0 Å². The molecule has 1 aromatic rings. The van der Waals surface area contributed by atoms with Gasteiger partial charge >= 0.3 is 12.3 Å². The summed E-state index contributed by atoms with van der Waals surface area (Å²) in [5, 5.41) is 11.4. The van der Waals surface area contributed by atoms with Gasteiger partial charge in [-0.05, 0) is 12.1 Å². The molecule has 1 aromatic carbocycles. The normalized spacial score (nSPS) is 12.8. The van der Waals surface area contributed by atoms with Crippen LogP contribution in [-0.4, -0.2) is 37.2 Å². The molecular weight excluding hydrogens is 267 g/mol. The fourth-order valence-electron chi connectivity index (χ4n) is 1.33. The number of nitrogens with one attached hydrogen (secondary N) is 1. The van der Waals surface area contributed by atoms with Gasteiger partial charge in [0.2, 0.25) is 0 Å². The third-order valence-electron chi connectivity index (χ3n) is 2.04. The minimum absolute atomic E-state index is 0.125. The van der Waals surface area contributed by atoms with Gasteiger partial charge in [-0.3, -0.25) is 0 Å². The van der Waals surface area contributed by atoms with E-state index in [0.29, 0.717) is 0 Å². The van der Waals surface area contributed by atoms with Crippen LogP contribution in [-0.2, 0) is 9.53 Å². The Balaban J connectivity index is 2.78. The summed E-state index contributed by atoms with van der Waals surface area (Å²) in [4.78, 5) is 10.9. The van der Waals surface area contributed by atoms with Gasteiger partial charge in [-0.15, -0.1) is 13.2 Å². The lowest BCUT2D eigenvalue weighted by molar-refractivity contribution is -0.274. The summed E-state index contributed by atoms with van der Waals surface area (Å²) in [6, 6.07) is 3.85. The maximum Gasteiger partial charge on any atom is 0.573 e. The number of carboxylic acid groups (broad SMARTS) is 1. The van der Waals surface area contributed by atoms with Crippen LogP contribution in [0.3, 0.4) is 0 Å². The quantitative estimate of drug-likeness (QED) is 0.834. The average molecular weight is 279 g/mol. The molecule has 1 rings (SSSR count). The summed E-state index contributed by atoms with van der Waals surface area (Å²) in [7, 11) is 1.32. The fourth-order valence-corrected chi connectivity index (χ4v) is 1.33. The zero-order valence-corrected chi connectivity index (χ0v) is 9.90. The second-order valence-electron chi connectivity index (χ2n) is 3.57. The molecule has 0 spiro atoms. The number of ether oxygens (including phenoxy) is 2. The number of alkyl halides is 3. The maximum absolute atomic E-state index is 12.0. The SMILES string of the molecule is COCC(Nc1cccc(OC(F)(F)F)c1)C(=O)O. The van der Waals surface area contributed by atoms with E-state index in [0.717, 1.165) is 12.1 Å². The Hall–Kier alpha value is -1.96. The van der Waals surface area contributed by atoms with E-state index in [1.165, 1.54) is 19.2 Å². The molecule has 0 aliphatic carbocycles. The molecule has 1 unspecified atom stereocenters. The molecule has 0 aliphatic heterocycles. The number of rotatable bonds is 6. The number of anilines is 1. The van der Waals surface area contributed by atoms with Crippen LogP contribution in [0.4, 0.5) is 18.9 Å². The summed E-state index contributed by atoms with van der Waals surface area (Å²) >= 11 is 0. The van der Waals surface area contributed by atoms with Crippen LogP contribution in [0.15, 0.2) is 24.3 Å². The molecule has 19 heavy (non-hydrogen) atoms. The van der Waals surface area contributed by atoms with Crippen molar-refractivity contribution in [3.8, 4) is 5.75 Å². The van der Waals surface area contributed by atoms with E-state index >= 15 is 0 Å². The van der Waals surface area contributed by atoms with Crippen molar-refractivity contribution in [3.05, 3.63) is 24.3 Å². The summed E-state index contributed by atoms with van der Waals surface area (Å²) in [6.07, 6.45) is -4.79. The Bertz CT molecular complexity index is 436. The molecule has 106 valence electrons. The van der Waals surface area contributed by atoms with Crippen molar-refractivity contribution in [1.29, 1.82) is 0 Å². The van der Waals surface area contributed by atoms with Crippen molar-refractivity contribution in [2.75, 3.05) is 19.0 Å². The molecule has 0 aromatic heterocycles. The predicted octanol–water partition coefficient (Wildman–Crippen LogP) is 2.10. The first-order valence-electron chi connectivity index (χ1n) is 5.16. The van der Waals surface area contributed by atoms with E-state index < -0.39 is 24.1 Å². The van der Waals surface area contributed by atoms with Gasteiger partial charge in [0, 0.05) is 18.9 Å². The molecule has 0 fully saturated rings. The molecule has 0 amide bonds. The highest BCUT2D eigenvalue weighted by Gasteiger charge is 2.31. The van der Waals surface area contributed by atoms with E-state index in [1.807, 2.05) is 0 Å². The monoisotopic (exact) mass is 279 g/mol. The van der Waals surface area contributed by atoms with Crippen molar-refractivity contribution < 1.29 is 32.5 Å². The van der Waals surface area contributed by atoms with Crippen LogP contribution < -0.4 is 10.1 Å². The number of halogens is 3. The molecule has 0 saturated heterocycles. The van der Waals surface area contributed by atoms with Crippen LogP contribution in [0, 0.1) is 0 Å². The van der Waals surface area contributed by atoms with Gasteiger partial charge in [0.1, 0.15) is 11.8 Å². The van der Waals surface area contributed by atoms with E-state index in [1.54, 1.807) is 0 Å². The van der Waals surface area contributed by atoms with Crippen molar-refractivity contribution in [2.24, 2.45) is 0 Å². The summed E-state index contributed by atoms with van der Waals surface area (Å²) in [5.41, 5.74) is 0.186. The maximum atomic E-state index is 12.0. The van der Waals surface area contributed by atoms with Gasteiger partial charge in [-0.1, -0.05) is 6.07 Å². The van der Waals surface area contributed by atoms with Crippen LogP contribution in [0.25, 0.3) is 0 Å². The third kappa shape index (κ3) is 5.47. The molecule has 0 aliphatic rings. The predicted molar refractivity (Wildman–Crippen MR) is 60.0 cm³/mol. The number of hydrogen-bond acceptors (Lipinski definition) is 4. The molecule has 1 atom stereocenters. The molecule has 0 saturated carbocycles. The largest absolute Gasteiger partial charge is 0.573 e. The summed E-state index contributed by atoms with van der Waals surface area (Å²) < 4.78 is 44.5. The third-order valence-corrected chi connectivity index (χ3v) is 2.04. The minimum Gasteiger partial charge on any atom is -0.480 e. The Kier molecular flexibility index (Phi) is 4.99. The van der Waals surface area contributed by atoms with Crippen molar-refractivity contribution in [1.82, 2.24) is 0 Å². The Morgan fingerprint density at radius 3 is 2.68 bits per heavy atom. The number of carbonyl (C=O) groups is 1. The van der Waals surface area contributed by atoms with E-state index in [4.69, 9.17) is 9.84 Å². The molecule has 0 bridgehead atoms. The highest BCUT2D eigenvalue weighted by atomic mass is 19.4. The number of benzene rings is 1. The van der Waals surface area contributed by atoms with Crippen molar-refractivity contribution in [3.63, 3.8) is 0 Å². The van der Waals surface area contributed by atoms with Crippen LogP contribution >= 0.6 is 0 Å². The Morgan fingerprint density at radius 2 is 2.16 bits per heavy atom. The van der Waals surface area contributed by atoms with Gasteiger partial charge in [0.25, 0.3) is 0 Å². The molecular formula is C11H12F3NO4. The van der Waals surface area contributed by atoms with E-state index in [-0.39, 0.29) is 12.3 Å². The highest BCUT2D eigenvalue weighted by Crippen LogP contribution is 2.25. The Labute approximate surface area is 106 Å². The lowest BCUT2D eigenvalue weighted by atomic mass is 10.2. The second-order valence-corrected chi connectivity index (χ2v) is 3.57. The average Bonchev–Trinajstić information content (AvgIpc) is 2.26. The molecule has 2 N–H and O–H groups in total. The first kappa shape index (κ1) is 15.1.